The lowest BCUT2D eigenvalue weighted by Gasteiger charge is -2.35. The fourth-order valence-electron chi connectivity index (χ4n) is 2.24. The van der Waals surface area contributed by atoms with Gasteiger partial charge < -0.3 is 24.6 Å². The third-order valence-electron chi connectivity index (χ3n) is 3.10. The maximum Gasteiger partial charge on any atom is 0.407 e. The summed E-state index contributed by atoms with van der Waals surface area (Å²) in [4.78, 5) is 14.8. The summed E-state index contributed by atoms with van der Waals surface area (Å²) in [5.41, 5.74) is 8.77. The van der Waals surface area contributed by atoms with Crippen LogP contribution in [0, 0.1) is 0 Å². The largest absolute Gasteiger partial charge is 0.444 e. The number of ether oxygens (including phenoxy) is 3. The molecule has 0 aliphatic heterocycles. The Morgan fingerprint density at radius 3 is 2.78 bits per heavy atom. The summed E-state index contributed by atoms with van der Waals surface area (Å²) in [5.74, 6) is 0. The average Bonchev–Trinajstić information content (AvgIpc) is 2.45. The van der Waals surface area contributed by atoms with Gasteiger partial charge in [-0.3, -0.25) is 0 Å². The van der Waals surface area contributed by atoms with Gasteiger partial charge in [-0.1, -0.05) is 11.2 Å². The van der Waals surface area contributed by atoms with Crippen molar-refractivity contribution in [2.75, 3.05) is 20.5 Å². The molecule has 0 aromatic rings. The van der Waals surface area contributed by atoms with Gasteiger partial charge in [-0.25, -0.2) is 4.79 Å². The van der Waals surface area contributed by atoms with E-state index in [9.17, 15) is 9.90 Å². The number of hydrogen-bond acceptors (Lipinski definition) is 6. The molecule has 9 nitrogen and oxygen atoms in total. The first kappa shape index (κ1) is 19.2. The maximum absolute atomic E-state index is 12.0. The minimum Gasteiger partial charge on any atom is -0.444 e. The summed E-state index contributed by atoms with van der Waals surface area (Å²) in [7, 11) is 1.47. The molecule has 9 heteroatoms. The Morgan fingerprint density at radius 2 is 2.26 bits per heavy atom. The van der Waals surface area contributed by atoms with Crippen molar-refractivity contribution in [3.8, 4) is 0 Å². The molecule has 0 spiro atoms. The van der Waals surface area contributed by atoms with Crippen molar-refractivity contribution >= 4 is 6.09 Å². The van der Waals surface area contributed by atoms with Crippen LogP contribution >= 0.6 is 0 Å². The number of methoxy groups -OCH3 is 1. The lowest BCUT2D eigenvalue weighted by molar-refractivity contribution is -0.0712. The molecular weight excluding hydrogens is 304 g/mol. The molecule has 0 saturated heterocycles. The zero-order chi connectivity index (χ0) is 17.5. The molecule has 130 valence electrons. The predicted octanol–water partition coefficient (Wildman–Crippen LogP) is 1.87. The minimum absolute atomic E-state index is 0.00460. The quantitative estimate of drug-likeness (QED) is 0.253. The van der Waals surface area contributed by atoms with Crippen LogP contribution in [0.2, 0.25) is 0 Å². The van der Waals surface area contributed by atoms with E-state index in [0.717, 1.165) is 0 Å². The van der Waals surface area contributed by atoms with Crippen molar-refractivity contribution < 1.29 is 24.1 Å². The van der Waals surface area contributed by atoms with Crippen molar-refractivity contribution in [3.63, 3.8) is 0 Å². The Morgan fingerprint density at radius 1 is 1.57 bits per heavy atom. The number of alkyl carbamates (subject to hydrolysis) is 1. The van der Waals surface area contributed by atoms with E-state index in [1.807, 2.05) is 0 Å². The molecule has 23 heavy (non-hydrogen) atoms. The van der Waals surface area contributed by atoms with E-state index in [1.54, 1.807) is 26.8 Å². The molecule has 1 amide bonds. The molecule has 0 bridgehead atoms. The first-order valence-electron chi connectivity index (χ1n) is 7.25. The highest BCUT2D eigenvalue weighted by Crippen LogP contribution is 2.24. The van der Waals surface area contributed by atoms with Gasteiger partial charge in [-0.2, -0.15) is 0 Å². The Labute approximate surface area is 135 Å². The fourth-order valence-corrected chi connectivity index (χ4v) is 2.24. The van der Waals surface area contributed by atoms with Crippen molar-refractivity contribution in [1.29, 1.82) is 0 Å². The third kappa shape index (κ3) is 6.45. The van der Waals surface area contributed by atoms with Gasteiger partial charge in [0, 0.05) is 12.0 Å². The number of amides is 1. The second-order valence-corrected chi connectivity index (χ2v) is 6.17. The van der Waals surface area contributed by atoms with Gasteiger partial charge in [0.1, 0.15) is 12.4 Å². The number of azide groups is 1. The first-order chi connectivity index (χ1) is 10.8. The number of hydrogen-bond donors (Lipinski definition) is 2. The number of carbonyl (C=O) groups is 1. The van der Waals surface area contributed by atoms with Gasteiger partial charge in [0.15, 0.2) is 0 Å². The van der Waals surface area contributed by atoms with Gasteiger partial charge in [0.2, 0.25) is 0 Å². The van der Waals surface area contributed by atoms with Crippen molar-refractivity contribution in [2.24, 2.45) is 5.11 Å². The molecular formula is C14H24N4O5. The lowest BCUT2D eigenvalue weighted by Crippen LogP contribution is -2.53. The maximum atomic E-state index is 12.0. The Bertz CT molecular complexity index is 482. The standard InChI is InChI=1S/C14H24N4O5/c1-14(2,3)23-13(20)16-12-10(17-18-15)5-9(7-19)6-11(12)22-8-21-4/h6,10-12,19H,5,7-8H2,1-4H3,(H,16,20)/t10-,11+,12?/m0/s1. The lowest BCUT2D eigenvalue weighted by atomic mass is 9.89. The number of carbonyl (C=O) groups excluding carboxylic acids is 1. The van der Waals surface area contributed by atoms with Crippen LogP contribution in [0.25, 0.3) is 10.4 Å². The molecule has 0 saturated carbocycles. The van der Waals surface area contributed by atoms with Crippen LogP contribution in [0.1, 0.15) is 27.2 Å². The molecule has 0 aromatic heterocycles. The molecule has 1 rings (SSSR count). The molecule has 0 aromatic carbocycles. The highest BCUT2D eigenvalue weighted by molar-refractivity contribution is 5.68. The molecule has 0 radical (unpaired) electrons. The smallest absolute Gasteiger partial charge is 0.407 e. The van der Waals surface area contributed by atoms with Crippen molar-refractivity contribution in [3.05, 3.63) is 22.1 Å². The van der Waals surface area contributed by atoms with E-state index >= 15 is 0 Å². The Balaban J connectivity index is 2.95. The third-order valence-corrected chi connectivity index (χ3v) is 3.10. The highest BCUT2D eigenvalue weighted by Gasteiger charge is 2.35. The number of aliphatic hydroxyl groups excluding tert-OH is 1. The van der Waals surface area contributed by atoms with Crippen molar-refractivity contribution in [2.45, 2.75) is 51.0 Å². The van der Waals surface area contributed by atoms with E-state index in [0.29, 0.717) is 12.0 Å². The minimum atomic E-state index is -0.651. The van der Waals surface area contributed by atoms with E-state index in [4.69, 9.17) is 19.7 Å². The van der Waals surface area contributed by atoms with Crippen LogP contribution in [-0.2, 0) is 14.2 Å². The Kier molecular flexibility index (Phi) is 7.31. The zero-order valence-corrected chi connectivity index (χ0v) is 13.9. The number of nitrogens with one attached hydrogen (secondary N) is 1. The van der Waals surface area contributed by atoms with E-state index in [2.05, 4.69) is 15.3 Å². The van der Waals surface area contributed by atoms with Crippen LogP contribution in [0.15, 0.2) is 16.8 Å². The van der Waals surface area contributed by atoms with Crippen LogP contribution in [0.3, 0.4) is 0 Å². The molecule has 3 atom stereocenters. The SMILES string of the molecule is COCO[C@@H]1C=C(CO)C[C@H](N=[N+]=[N-])C1NC(=O)OC(C)(C)C. The molecule has 0 fully saturated rings. The average molecular weight is 328 g/mol. The van der Waals surface area contributed by atoms with Crippen LogP contribution in [-0.4, -0.2) is 55.5 Å². The van der Waals surface area contributed by atoms with Gasteiger partial charge in [-0.05, 0) is 38.3 Å². The van der Waals surface area contributed by atoms with E-state index in [-0.39, 0.29) is 13.4 Å². The van der Waals surface area contributed by atoms with Gasteiger partial charge in [0.25, 0.3) is 0 Å². The summed E-state index contributed by atoms with van der Waals surface area (Å²) >= 11 is 0. The highest BCUT2D eigenvalue weighted by atomic mass is 16.7. The van der Waals surface area contributed by atoms with Crippen LogP contribution in [0.5, 0.6) is 0 Å². The summed E-state index contributed by atoms with van der Waals surface area (Å²) in [6, 6.07) is -1.22. The van der Waals surface area contributed by atoms with Gasteiger partial charge in [-0.15, -0.1) is 0 Å². The monoisotopic (exact) mass is 328 g/mol. The summed E-state index contributed by atoms with van der Waals surface area (Å²) in [6.45, 7) is 5.07. The van der Waals surface area contributed by atoms with E-state index in [1.165, 1.54) is 7.11 Å². The second-order valence-electron chi connectivity index (χ2n) is 6.17. The second kappa shape index (κ2) is 8.73. The van der Waals surface area contributed by atoms with Crippen molar-refractivity contribution in [1.82, 2.24) is 5.32 Å². The molecule has 1 aliphatic carbocycles. The predicted molar refractivity (Wildman–Crippen MR) is 82.6 cm³/mol. The van der Waals surface area contributed by atoms with Gasteiger partial charge in [0.05, 0.1) is 24.8 Å². The number of aliphatic hydroxyl groups is 1. The zero-order valence-electron chi connectivity index (χ0n) is 13.9. The molecule has 2 N–H and O–H groups in total. The number of rotatable bonds is 6. The first-order valence-corrected chi connectivity index (χ1v) is 7.25. The summed E-state index contributed by atoms with van der Waals surface area (Å²) in [5, 5.41) is 15.7. The van der Waals surface area contributed by atoms with Gasteiger partial charge >= 0.3 is 6.09 Å². The molecule has 1 unspecified atom stereocenters. The van der Waals surface area contributed by atoms with Crippen LogP contribution in [0.4, 0.5) is 4.79 Å². The fraction of sp³-hybridized carbons (Fsp3) is 0.786. The molecule has 1 aliphatic rings. The Hall–Kier alpha value is -1.80. The summed E-state index contributed by atoms with van der Waals surface area (Å²) in [6.07, 6.45) is 0.791. The van der Waals surface area contributed by atoms with Crippen LogP contribution < -0.4 is 5.32 Å². The summed E-state index contributed by atoms with van der Waals surface area (Å²) < 4.78 is 15.6. The molecule has 0 heterocycles. The number of nitrogens with zero attached hydrogens (tertiary/aromatic N) is 3. The topological polar surface area (TPSA) is 126 Å². The van der Waals surface area contributed by atoms with E-state index < -0.39 is 29.9 Å². The normalized spacial score (nSPS) is 24.4.